The van der Waals surface area contributed by atoms with Gasteiger partial charge in [-0.1, -0.05) is 25.5 Å². The van der Waals surface area contributed by atoms with E-state index in [0.717, 1.165) is 32.1 Å². The molecule has 0 bridgehead atoms. The maximum Gasteiger partial charge on any atom is 0.327 e. The van der Waals surface area contributed by atoms with Gasteiger partial charge in [-0.2, -0.15) is 0 Å². The number of allylic oxidation sites excluding steroid dienone is 1. The van der Waals surface area contributed by atoms with Crippen LogP contribution in [0, 0.1) is 0 Å². The molecule has 1 aliphatic carbocycles. The molecule has 20 heavy (non-hydrogen) atoms. The predicted octanol–water partition coefficient (Wildman–Crippen LogP) is 2.43. The first-order valence-electron chi connectivity index (χ1n) is 7.21. The van der Waals surface area contributed by atoms with Gasteiger partial charge in [-0.3, -0.25) is 4.90 Å². The van der Waals surface area contributed by atoms with E-state index in [1.54, 1.807) is 11.8 Å². The Morgan fingerprint density at radius 2 is 2.25 bits per heavy atom. The maximum absolute atomic E-state index is 12.4. The molecule has 2 amide bonds. The number of carbonyl (C=O) groups excluding carboxylic acids is 1. The minimum Gasteiger partial charge on any atom is -0.480 e. The van der Waals surface area contributed by atoms with Crippen LogP contribution in [0.2, 0.25) is 0 Å². The van der Waals surface area contributed by atoms with E-state index in [9.17, 15) is 14.7 Å². The summed E-state index contributed by atoms with van der Waals surface area (Å²) in [6.45, 7) is 2.05. The molecule has 3 unspecified atom stereocenters. The van der Waals surface area contributed by atoms with Crippen molar-refractivity contribution in [3.8, 4) is 0 Å². The number of hydrogen-bond acceptors (Lipinski definition) is 3. The van der Waals surface area contributed by atoms with Crippen LogP contribution in [0.4, 0.5) is 4.79 Å². The highest BCUT2D eigenvalue weighted by molar-refractivity contribution is 8.00. The monoisotopic (exact) mass is 298 g/mol. The molecule has 0 radical (unpaired) electrons. The van der Waals surface area contributed by atoms with E-state index in [4.69, 9.17) is 0 Å². The number of hydrogen-bond donors (Lipinski definition) is 2. The molecule has 2 rings (SSSR count). The number of amides is 2. The fourth-order valence-electron chi connectivity index (χ4n) is 2.67. The van der Waals surface area contributed by atoms with Crippen molar-refractivity contribution in [2.75, 3.05) is 5.75 Å². The molecule has 1 heterocycles. The zero-order chi connectivity index (χ0) is 14.5. The van der Waals surface area contributed by atoms with Crippen molar-refractivity contribution in [3.05, 3.63) is 12.2 Å². The molecule has 5 nitrogen and oxygen atoms in total. The van der Waals surface area contributed by atoms with Gasteiger partial charge in [0.1, 0.15) is 6.04 Å². The Kier molecular flexibility index (Phi) is 5.34. The molecule has 0 aromatic heterocycles. The van der Waals surface area contributed by atoms with Gasteiger partial charge in [-0.15, -0.1) is 11.8 Å². The molecule has 0 aromatic rings. The number of carboxylic acids is 1. The average Bonchev–Trinajstić information content (AvgIpc) is 2.84. The van der Waals surface area contributed by atoms with Gasteiger partial charge in [0.2, 0.25) is 0 Å². The van der Waals surface area contributed by atoms with E-state index < -0.39 is 12.0 Å². The third-order valence-corrected chi connectivity index (χ3v) is 5.10. The van der Waals surface area contributed by atoms with Gasteiger partial charge in [0, 0.05) is 11.8 Å². The van der Waals surface area contributed by atoms with E-state index in [1.165, 1.54) is 4.90 Å². The molecule has 0 aromatic carbocycles. The molecule has 0 saturated carbocycles. The van der Waals surface area contributed by atoms with Gasteiger partial charge in [-0.25, -0.2) is 9.59 Å². The van der Waals surface area contributed by atoms with Crippen molar-refractivity contribution in [3.63, 3.8) is 0 Å². The van der Waals surface area contributed by atoms with Crippen LogP contribution in [0.25, 0.3) is 0 Å². The van der Waals surface area contributed by atoms with Crippen LogP contribution in [0.5, 0.6) is 0 Å². The molecule has 6 heteroatoms. The molecular weight excluding hydrogens is 276 g/mol. The summed E-state index contributed by atoms with van der Waals surface area (Å²) in [4.78, 5) is 25.3. The Bertz CT molecular complexity index is 400. The highest BCUT2D eigenvalue weighted by atomic mass is 32.2. The van der Waals surface area contributed by atoms with Gasteiger partial charge in [0.05, 0.1) is 5.37 Å². The number of urea groups is 1. The number of carboxylic acid groups (broad SMARTS) is 1. The standard InChI is InChI=1S/C14H22N2O3S/c1-2-6-12-16(11(9-20-12)13(17)18)14(19)15-10-7-4-3-5-8-10/h3-4,10-12H,2,5-9H2,1H3,(H,15,19)(H,17,18). The zero-order valence-corrected chi connectivity index (χ0v) is 12.6. The van der Waals surface area contributed by atoms with Crippen molar-refractivity contribution in [2.45, 2.75) is 56.5 Å². The second-order valence-corrected chi connectivity index (χ2v) is 6.48. The van der Waals surface area contributed by atoms with Crippen molar-refractivity contribution >= 4 is 23.8 Å². The lowest BCUT2D eigenvalue weighted by molar-refractivity contribution is -0.141. The molecule has 1 saturated heterocycles. The summed E-state index contributed by atoms with van der Waals surface area (Å²) in [6, 6.07) is -0.786. The van der Waals surface area contributed by atoms with E-state index in [1.807, 2.05) is 0 Å². The third-order valence-electron chi connectivity index (χ3n) is 3.74. The number of nitrogens with one attached hydrogen (secondary N) is 1. The summed E-state index contributed by atoms with van der Waals surface area (Å²) in [6.07, 6.45) is 8.72. The first-order valence-corrected chi connectivity index (χ1v) is 8.26. The molecule has 2 N–H and O–H groups in total. The molecule has 112 valence electrons. The summed E-state index contributed by atoms with van der Waals surface area (Å²) in [7, 11) is 0. The normalized spacial score (nSPS) is 29.4. The Morgan fingerprint density at radius 1 is 1.45 bits per heavy atom. The zero-order valence-electron chi connectivity index (χ0n) is 11.7. The topological polar surface area (TPSA) is 69.6 Å². The smallest absolute Gasteiger partial charge is 0.327 e. The Hall–Kier alpha value is -1.17. The summed E-state index contributed by atoms with van der Waals surface area (Å²) in [5.41, 5.74) is 0. The van der Waals surface area contributed by atoms with Gasteiger partial charge >= 0.3 is 12.0 Å². The maximum atomic E-state index is 12.4. The predicted molar refractivity (Wildman–Crippen MR) is 79.7 cm³/mol. The first-order chi connectivity index (χ1) is 9.63. The lowest BCUT2D eigenvalue weighted by atomic mass is 10.0. The van der Waals surface area contributed by atoms with E-state index in [2.05, 4.69) is 24.4 Å². The number of thioether (sulfide) groups is 1. The van der Waals surface area contributed by atoms with Crippen molar-refractivity contribution < 1.29 is 14.7 Å². The van der Waals surface area contributed by atoms with E-state index in [0.29, 0.717) is 5.75 Å². The number of carbonyl (C=O) groups is 2. The number of rotatable bonds is 4. The largest absolute Gasteiger partial charge is 0.480 e. The Balaban J connectivity index is 2.02. The number of nitrogens with zero attached hydrogens (tertiary/aromatic N) is 1. The summed E-state index contributed by atoms with van der Waals surface area (Å²) in [5.74, 6) is -0.423. The third kappa shape index (κ3) is 3.48. The van der Waals surface area contributed by atoms with Crippen molar-refractivity contribution in [1.29, 1.82) is 0 Å². The van der Waals surface area contributed by atoms with Crippen molar-refractivity contribution in [2.24, 2.45) is 0 Å². The van der Waals surface area contributed by atoms with E-state index in [-0.39, 0.29) is 17.4 Å². The van der Waals surface area contributed by atoms with Crippen LogP contribution < -0.4 is 5.32 Å². The van der Waals surface area contributed by atoms with Gasteiger partial charge in [0.25, 0.3) is 0 Å². The summed E-state index contributed by atoms with van der Waals surface area (Å²) in [5, 5.41) is 12.3. The number of aliphatic carboxylic acids is 1. The van der Waals surface area contributed by atoms with Gasteiger partial charge in [-0.05, 0) is 25.7 Å². The minimum atomic E-state index is -0.908. The second-order valence-electron chi connectivity index (χ2n) is 5.27. The quantitative estimate of drug-likeness (QED) is 0.782. The van der Waals surface area contributed by atoms with Gasteiger partial charge < -0.3 is 10.4 Å². The van der Waals surface area contributed by atoms with Crippen LogP contribution in [-0.2, 0) is 4.79 Å². The summed E-state index contributed by atoms with van der Waals surface area (Å²) >= 11 is 1.57. The Labute approximate surface area is 123 Å². The van der Waals surface area contributed by atoms with Crippen LogP contribution in [0.1, 0.15) is 39.0 Å². The highest BCUT2D eigenvalue weighted by Crippen LogP contribution is 2.32. The molecule has 0 spiro atoms. The molecule has 1 aliphatic heterocycles. The Morgan fingerprint density at radius 3 is 2.85 bits per heavy atom. The minimum absolute atomic E-state index is 0.0137. The lowest BCUT2D eigenvalue weighted by Gasteiger charge is -2.30. The van der Waals surface area contributed by atoms with E-state index >= 15 is 0 Å². The molecular formula is C14H22N2O3S. The van der Waals surface area contributed by atoms with Crippen molar-refractivity contribution in [1.82, 2.24) is 10.2 Å². The highest BCUT2D eigenvalue weighted by Gasteiger charge is 2.41. The molecule has 1 fully saturated rings. The van der Waals surface area contributed by atoms with Crippen LogP contribution in [0.3, 0.4) is 0 Å². The fourth-order valence-corrected chi connectivity index (χ4v) is 4.18. The summed E-state index contributed by atoms with van der Waals surface area (Å²) < 4.78 is 0. The average molecular weight is 298 g/mol. The fraction of sp³-hybridized carbons (Fsp3) is 0.714. The van der Waals surface area contributed by atoms with Crippen LogP contribution in [0.15, 0.2) is 12.2 Å². The second kappa shape index (κ2) is 7.02. The molecule has 2 aliphatic rings. The van der Waals surface area contributed by atoms with Crippen LogP contribution >= 0.6 is 11.8 Å². The first kappa shape index (κ1) is 15.2. The SMILES string of the molecule is CCCC1SCC(C(=O)O)N1C(=O)NC1CC=CCC1. The van der Waals surface area contributed by atoms with Crippen LogP contribution in [-0.4, -0.2) is 45.2 Å². The lowest BCUT2D eigenvalue weighted by Crippen LogP contribution is -2.52. The molecule has 3 atom stereocenters. The van der Waals surface area contributed by atoms with Gasteiger partial charge in [0.15, 0.2) is 0 Å².